The lowest BCUT2D eigenvalue weighted by Crippen LogP contribution is -2.37. The zero-order valence-electron chi connectivity index (χ0n) is 10.8. The third kappa shape index (κ3) is 2.26. The number of hydrogen-bond acceptors (Lipinski definition) is 1. The van der Waals surface area contributed by atoms with E-state index in [1.807, 2.05) is 0 Å². The molecule has 0 bridgehead atoms. The Bertz CT molecular complexity index is 359. The van der Waals surface area contributed by atoms with Gasteiger partial charge in [0.2, 0.25) is 0 Å². The highest BCUT2D eigenvalue weighted by Gasteiger charge is 2.39. The van der Waals surface area contributed by atoms with E-state index in [2.05, 4.69) is 42.2 Å². The molecule has 0 N–H and O–H groups in total. The summed E-state index contributed by atoms with van der Waals surface area (Å²) < 4.78 is 0. The van der Waals surface area contributed by atoms with Crippen LogP contribution in [0, 0.1) is 5.92 Å². The summed E-state index contributed by atoms with van der Waals surface area (Å²) in [6.07, 6.45) is 7.24. The minimum absolute atomic E-state index is 0.781. The van der Waals surface area contributed by atoms with Crippen LogP contribution in [0.4, 0.5) is 0 Å². The average Bonchev–Trinajstić information content (AvgIpc) is 2.68. The van der Waals surface area contributed by atoms with E-state index in [-0.39, 0.29) is 0 Å². The Hall–Kier alpha value is -0.820. The fourth-order valence-electron chi connectivity index (χ4n) is 3.87. The van der Waals surface area contributed by atoms with Gasteiger partial charge in [-0.1, -0.05) is 43.2 Å². The zero-order chi connectivity index (χ0) is 11.7. The molecular formula is C16H23N. The number of hydrogen-bond donors (Lipinski definition) is 0. The van der Waals surface area contributed by atoms with Gasteiger partial charge in [-0.15, -0.1) is 0 Å². The minimum atomic E-state index is 0.781. The normalized spacial score (nSPS) is 33.6. The van der Waals surface area contributed by atoms with Crippen molar-refractivity contribution >= 4 is 0 Å². The van der Waals surface area contributed by atoms with E-state index in [4.69, 9.17) is 0 Å². The molecule has 1 aromatic rings. The lowest BCUT2D eigenvalue weighted by Gasteiger charge is -2.33. The highest BCUT2D eigenvalue weighted by atomic mass is 15.2. The van der Waals surface area contributed by atoms with Crippen molar-refractivity contribution in [2.45, 2.75) is 57.7 Å². The maximum Gasteiger partial charge on any atom is 0.0239 e. The van der Waals surface area contributed by atoms with Crippen LogP contribution in [-0.2, 0) is 6.54 Å². The zero-order valence-corrected chi connectivity index (χ0v) is 10.8. The van der Waals surface area contributed by atoms with Crippen LogP contribution in [0.1, 0.15) is 44.6 Å². The molecule has 0 amide bonds. The number of nitrogens with zero attached hydrogens (tertiary/aromatic N) is 1. The van der Waals surface area contributed by atoms with Crippen LogP contribution in [0.15, 0.2) is 30.3 Å². The standard InChI is InChI=1S/C16H23N/c1-13-11-15-9-5-6-10-16(15)17(13)12-14-7-3-2-4-8-14/h2-4,7-8,13,15-16H,5-6,9-12H2,1H3/t13-,15+,16+/m1/s1. The molecule has 1 saturated carbocycles. The molecule has 17 heavy (non-hydrogen) atoms. The summed E-state index contributed by atoms with van der Waals surface area (Å²) in [7, 11) is 0. The van der Waals surface area contributed by atoms with E-state index in [1.54, 1.807) is 0 Å². The van der Waals surface area contributed by atoms with Crippen molar-refractivity contribution < 1.29 is 0 Å². The van der Waals surface area contributed by atoms with E-state index < -0.39 is 0 Å². The molecule has 3 atom stereocenters. The van der Waals surface area contributed by atoms with Crippen molar-refractivity contribution in [2.75, 3.05) is 0 Å². The maximum atomic E-state index is 2.76. The second kappa shape index (κ2) is 4.81. The summed E-state index contributed by atoms with van der Waals surface area (Å²) in [6.45, 7) is 3.57. The molecule has 2 aliphatic rings. The first-order valence-corrected chi connectivity index (χ1v) is 7.14. The van der Waals surface area contributed by atoms with E-state index in [1.165, 1.54) is 37.7 Å². The first-order valence-electron chi connectivity index (χ1n) is 7.14. The van der Waals surface area contributed by atoms with Crippen LogP contribution >= 0.6 is 0 Å². The fourth-order valence-corrected chi connectivity index (χ4v) is 3.87. The van der Waals surface area contributed by atoms with Gasteiger partial charge in [0.15, 0.2) is 0 Å². The Labute approximate surface area is 105 Å². The molecule has 2 fully saturated rings. The summed E-state index contributed by atoms with van der Waals surface area (Å²) in [5, 5.41) is 0. The van der Waals surface area contributed by atoms with Crippen molar-refractivity contribution in [1.82, 2.24) is 4.90 Å². The Morgan fingerprint density at radius 1 is 1.12 bits per heavy atom. The predicted octanol–water partition coefficient (Wildman–Crippen LogP) is 3.84. The van der Waals surface area contributed by atoms with E-state index in [0.29, 0.717) is 0 Å². The number of fused-ring (bicyclic) bond motifs is 1. The molecule has 1 nitrogen and oxygen atoms in total. The number of likely N-dealkylation sites (tertiary alicyclic amines) is 1. The highest BCUT2D eigenvalue weighted by molar-refractivity contribution is 5.15. The van der Waals surface area contributed by atoms with Gasteiger partial charge in [-0.3, -0.25) is 4.90 Å². The molecule has 0 unspecified atom stereocenters. The monoisotopic (exact) mass is 229 g/mol. The molecule has 1 heterocycles. The fraction of sp³-hybridized carbons (Fsp3) is 0.625. The smallest absolute Gasteiger partial charge is 0.0239 e. The Morgan fingerprint density at radius 2 is 1.88 bits per heavy atom. The molecule has 1 saturated heterocycles. The van der Waals surface area contributed by atoms with Gasteiger partial charge in [0, 0.05) is 18.6 Å². The van der Waals surface area contributed by atoms with Crippen LogP contribution in [0.2, 0.25) is 0 Å². The third-order valence-electron chi connectivity index (χ3n) is 4.71. The van der Waals surface area contributed by atoms with Gasteiger partial charge >= 0.3 is 0 Å². The second-order valence-corrected chi connectivity index (χ2v) is 5.85. The average molecular weight is 229 g/mol. The van der Waals surface area contributed by atoms with Crippen molar-refractivity contribution in [3.63, 3.8) is 0 Å². The first-order chi connectivity index (χ1) is 8.34. The lowest BCUT2D eigenvalue weighted by molar-refractivity contribution is 0.149. The van der Waals surface area contributed by atoms with Crippen LogP contribution in [-0.4, -0.2) is 17.0 Å². The highest BCUT2D eigenvalue weighted by Crippen LogP contribution is 2.40. The quantitative estimate of drug-likeness (QED) is 0.745. The number of rotatable bonds is 2. The topological polar surface area (TPSA) is 3.24 Å². The Kier molecular flexibility index (Phi) is 3.19. The molecule has 92 valence electrons. The van der Waals surface area contributed by atoms with Crippen molar-refractivity contribution in [3.8, 4) is 0 Å². The van der Waals surface area contributed by atoms with Gasteiger partial charge in [0.1, 0.15) is 0 Å². The second-order valence-electron chi connectivity index (χ2n) is 5.85. The molecule has 0 spiro atoms. The Balaban J connectivity index is 1.73. The molecule has 1 heteroatoms. The van der Waals surface area contributed by atoms with Gasteiger partial charge in [-0.05, 0) is 37.7 Å². The lowest BCUT2D eigenvalue weighted by atomic mass is 9.85. The van der Waals surface area contributed by atoms with Crippen molar-refractivity contribution in [1.29, 1.82) is 0 Å². The molecule has 1 aromatic carbocycles. The summed E-state index contributed by atoms with van der Waals surface area (Å²) in [4.78, 5) is 2.76. The Morgan fingerprint density at radius 3 is 2.71 bits per heavy atom. The first kappa shape index (κ1) is 11.3. The molecule has 0 aromatic heterocycles. The van der Waals surface area contributed by atoms with E-state index in [9.17, 15) is 0 Å². The largest absolute Gasteiger partial charge is 0.293 e. The van der Waals surface area contributed by atoms with E-state index >= 15 is 0 Å². The molecule has 3 rings (SSSR count). The van der Waals surface area contributed by atoms with Gasteiger partial charge in [-0.25, -0.2) is 0 Å². The molecule has 0 radical (unpaired) electrons. The maximum absolute atomic E-state index is 2.76. The van der Waals surface area contributed by atoms with Crippen LogP contribution in [0.25, 0.3) is 0 Å². The third-order valence-corrected chi connectivity index (χ3v) is 4.71. The molecule has 1 aliphatic carbocycles. The molecular weight excluding hydrogens is 206 g/mol. The van der Waals surface area contributed by atoms with Gasteiger partial charge in [0.25, 0.3) is 0 Å². The van der Waals surface area contributed by atoms with Crippen LogP contribution in [0.3, 0.4) is 0 Å². The van der Waals surface area contributed by atoms with Gasteiger partial charge in [0.05, 0.1) is 0 Å². The van der Waals surface area contributed by atoms with E-state index in [0.717, 1.165) is 24.5 Å². The van der Waals surface area contributed by atoms with Crippen LogP contribution in [0.5, 0.6) is 0 Å². The number of benzene rings is 1. The SMILES string of the molecule is C[C@@H]1C[C@@H]2CCCC[C@@H]2N1Cc1ccccc1. The minimum Gasteiger partial charge on any atom is -0.293 e. The van der Waals surface area contributed by atoms with Gasteiger partial charge in [-0.2, -0.15) is 0 Å². The molecule has 1 aliphatic heterocycles. The summed E-state index contributed by atoms with van der Waals surface area (Å²) in [6, 6.07) is 12.6. The summed E-state index contributed by atoms with van der Waals surface area (Å²) >= 11 is 0. The van der Waals surface area contributed by atoms with Crippen molar-refractivity contribution in [2.24, 2.45) is 5.92 Å². The summed E-state index contributed by atoms with van der Waals surface area (Å²) in [5.41, 5.74) is 1.48. The summed E-state index contributed by atoms with van der Waals surface area (Å²) in [5.74, 6) is 0.988. The van der Waals surface area contributed by atoms with Crippen molar-refractivity contribution in [3.05, 3.63) is 35.9 Å². The van der Waals surface area contributed by atoms with Gasteiger partial charge < -0.3 is 0 Å². The predicted molar refractivity (Wildman–Crippen MR) is 71.8 cm³/mol. The van der Waals surface area contributed by atoms with Crippen LogP contribution < -0.4 is 0 Å².